The van der Waals surface area contributed by atoms with Gasteiger partial charge >= 0.3 is 5.97 Å². The van der Waals surface area contributed by atoms with Crippen LogP contribution < -0.4 is 4.74 Å². The summed E-state index contributed by atoms with van der Waals surface area (Å²) in [6.07, 6.45) is -1.64. The molecule has 1 saturated heterocycles. The Morgan fingerprint density at radius 1 is 1.30 bits per heavy atom. The van der Waals surface area contributed by atoms with Crippen molar-refractivity contribution >= 4 is 17.6 Å². The van der Waals surface area contributed by atoms with Crippen LogP contribution in [0.4, 0.5) is 0 Å². The summed E-state index contributed by atoms with van der Waals surface area (Å²) in [5, 5.41) is 20.5. The lowest BCUT2D eigenvalue weighted by Gasteiger charge is -2.22. The maximum atomic E-state index is 11.3. The predicted molar refractivity (Wildman–Crippen MR) is 81.3 cm³/mol. The monoisotopic (exact) mass is 342 g/mol. The van der Waals surface area contributed by atoms with Crippen molar-refractivity contribution in [3.63, 3.8) is 0 Å². The Morgan fingerprint density at radius 3 is 2.78 bits per heavy atom. The van der Waals surface area contributed by atoms with Crippen LogP contribution in [-0.4, -0.2) is 53.8 Å². The summed E-state index contributed by atoms with van der Waals surface area (Å²) in [4.78, 5) is 11.3. The Hall–Kier alpha value is -1.34. The lowest BCUT2D eigenvalue weighted by Crippen LogP contribution is -2.34. The van der Waals surface area contributed by atoms with Gasteiger partial charge in [0.05, 0.1) is 25.2 Å². The van der Waals surface area contributed by atoms with Crippen molar-refractivity contribution in [2.24, 2.45) is 5.92 Å². The Labute approximate surface area is 138 Å². The van der Waals surface area contributed by atoms with Gasteiger partial charge in [0.25, 0.3) is 0 Å². The highest BCUT2D eigenvalue weighted by atomic mass is 35.5. The van der Waals surface area contributed by atoms with Crippen LogP contribution in [0.3, 0.4) is 0 Å². The van der Waals surface area contributed by atoms with Crippen LogP contribution in [0.2, 0.25) is 5.02 Å². The molecule has 1 heterocycles. The molecule has 0 spiro atoms. The second kappa shape index (κ2) is 7.05. The van der Waals surface area contributed by atoms with Gasteiger partial charge in [0.1, 0.15) is 24.6 Å². The second-order valence-electron chi connectivity index (χ2n) is 5.92. The van der Waals surface area contributed by atoms with Crippen molar-refractivity contribution in [2.45, 2.75) is 37.3 Å². The average Bonchev–Trinajstić information content (AvgIpc) is 3.00. The SMILES string of the molecule is O=C1C[C@H]2[C@H](OCC(O)COc3ccc(Cl)cc3)C(O)C[C@H]2O1. The molecule has 23 heavy (non-hydrogen) atoms. The van der Waals surface area contributed by atoms with E-state index in [0.29, 0.717) is 17.2 Å². The van der Waals surface area contributed by atoms with Gasteiger partial charge in [-0.25, -0.2) is 0 Å². The van der Waals surface area contributed by atoms with Gasteiger partial charge in [0, 0.05) is 17.4 Å². The first kappa shape index (κ1) is 16.5. The van der Waals surface area contributed by atoms with Gasteiger partial charge in [-0.15, -0.1) is 0 Å². The highest BCUT2D eigenvalue weighted by Crippen LogP contribution is 2.38. The molecule has 1 aliphatic carbocycles. The molecule has 1 aromatic carbocycles. The summed E-state index contributed by atoms with van der Waals surface area (Å²) in [7, 11) is 0. The van der Waals surface area contributed by atoms with Gasteiger partial charge < -0.3 is 24.4 Å². The molecule has 126 valence electrons. The van der Waals surface area contributed by atoms with E-state index >= 15 is 0 Å². The third kappa shape index (κ3) is 3.95. The summed E-state index contributed by atoms with van der Waals surface area (Å²) in [6, 6.07) is 6.82. The number of aliphatic hydroxyl groups excluding tert-OH is 2. The smallest absolute Gasteiger partial charge is 0.306 e. The van der Waals surface area contributed by atoms with Crippen molar-refractivity contribution in [2.75, 3.05) is 13.2 Å². The van der Waals surface area contributed by atoms with Crippen LogP contribution in [0.15, 0.2) is 24.3 Å². The fourth-order valence-electron chi connectivity index (χ4n) is 3.06. The molecule has 0 amide bonds. The number of rotatable bonds is 6. The van der Waals surface area contributed by atoms with Gasteiger partial charge in [-0.05, 0) is 24.3 Å². The normalized spacial score (nSPS) is 30.8. The standard InChI is InChI=1S/C16H19ClO6/c17-9-1-3-11(4-2-9)21-7-10(18)8-22-16-12-5-15(20)23-14(12)6-13(16)19/h1-4,10,12-14,16,18-19H,5-8H2/t10?,12-,13?,14-,16+/m1/s1. The van der Waals surface area contributed by atoms with Crippen LogP contribution in [0.1, 0.15) is 12.8 Å². The van der Waals surface area contributed by atoms with Crippen molar-refractivity contribution < 1.29 is 29.2 Å². The minimum atomic E-state index is -0.838. The number of esters is 1. The quantitative estimate of drug-likeness (QED) is 0.755. The number of benzene rings is 1. The third-order valence-corrected chi connectivity index (χ3v) is 4.43. The Balaban J connectivity index is 1.44. The molecular weight excluding hydrogens is 324 g/mol. The maximum absolute atomic E-state index is 11.3. The second-order valence-corrected chi connectivity index (χ2v) is 6.35. The molecule has 2 fully saturated rings. The molecule has 1 saturated carbocycles. The average molecular weight is 343 g/mol. The van der Waals surface area contributed by atoms with Crippen molar-refractivity contribution in [3.05, 3.63) is 29.3 Å². The number of hydrogen-bond donors (Lipinski definition) is 2. The highest BCUT2D eigenvalue weighted by Gasteiger charge is 2.50. The van der Waals surface area contributed by atoms with Crippen molar-refractivity contribution in [1.82, 2.24) is 0 Å². The van der Waals surface area contributed by atoms with E-state index in [1.54, 1.807) is 24.3 Å². The fraction of sp³-hybridized carbons (Fsp3) is 0.562. The molecule has 0 radical (unpaired) electrons. The van der Waals surface area contributed by atoms with Crippen molar-refractivity contribution in [1.29, 1.82) is 0 Å². The van der Waals surface area contributed by atoms with E-state index in [9.17, 15) is 15.0 Å². The molecule has 0 aromatic heterocycles. The largest absolute Gasteiger partial charge is 0.491 e. The first-order chi connectivity index (χ1) is 11.0. The van der Waals surface area contributed by atoms with E-state index < -0.39 is 18.3 Å². The lowest BCUT2D eigenvalue weighted by atomic mass is 10.0. The minimum Gasteiger partial charge on any atom is -0.491 e. The minimum absolute atomic E-state index is 0.0206. The third-order valence-electron chi connectivity index (χ3n) is 4.17. The fourth-order valence-corrected chi connectivity index (χ4v) is 3.19. The Bertz CT molecular complexity index is 548. The summed E-state index contributed by atoms with van der Waals surface area (Å²) >= 11 is 5.78. The zero-order valence-corrected chi connectivity index (χ0v) is 13.2. The number of carbonyl (C=O) groups excluding carboxylic acids is 1. The van der Waals surface area contributed by atoms with Crippen molar-refractivity contribution in [3.8, 4) is 5.75 Å². The highest BCUT2D eigenvalue weighted by molar-refractivity contribution is 6.30. The molecular formula is C16H19ClO6. The van der Waals surface area contributed by atoms with E-state index in [1.165, 1.54) is 0 Å². The molecule has 3 rings (SSSR count). The molecule has 5 atom stereocenters. The number of fused-ring (bicyclic) bond motifs is 1. The predicted octanol–water partition coefficient (Wildman–Crippen LogP) is 1.16. The van der Waals surface area contributed by atoms with E-state index in [-0.39, 0.29) is 37.6 Å². The van der Waals surface area contributed by atoms with Crippen LogP contribution in [0, 0.1) is 5.92 Å². The van der Waals surface area contributed by atoms with Gasteiger partial charge in [0.2, 0.25) is 0 Å². The first-order valence-electron chi connectivity index (χ1n) is 7.58. The van der Waals surface area contributed by atoms with E-state index in [2.05, 4.69) is 0 Å². The Kier molecular flexibility index (Phi) is 5.06. The van der Waals surface area contributed by atoms with Crippen LogP contribution in [-0.2, 0) is 14.3 Å². The van der Waals surface area contributed by atoms with Crippen LogP contribution in [0.5, 0.6) is 5.75 Å². The molecule has 2 N–H and O–H groups in total. The molecule has 1 aromatic rings. The molecule has 2 unspecified atom stereocenters. The number of ether oxygens (including phenoxy) is 3. The number of carbonyl (C=O) groups is 1. The maximum Gasteiger partial charge on any atom is 0.306 e. The number of hydrogen-bond acceptors (Lipinski definition) is 6. The topological polar surface area (TPSA) is 85.2 Å². The van der Waals surface area contributed by atoms with Gasteiger partial charge in [0.15, 0.2) is 0 Å². The zero-order chi connectivity index (χ0) is 16.4. The van der Waals surface area contributed by atoms with E-state index in [0.717, 1.165) is 0 Å². The molecule has 7 heteroatoms. The van der Waals surface area contributed by atoms with Crippen LogP contribution >= 0.6 is 11.6 Å². The van der Waals surface area contributed by atoms with E-state index in [4.69, 9.17) is 25.8 Å². The van der Waals surface area contributed by atoms with Gasteiger partial charge in [-0.1, -0.05) is 11.6 Å². The van der Waals surface area contributed by atoms with Crippen LogP contribution in [0.25, 0.3) is 0 Å². The number of aliphatic hydroxyl groups is 2. The molecule has 6 nitrogen and oxygen atoms in total. The zero-order valence-electron chi connectivity index (χ0n) is 12.4. The molecule has 0 bridgehead atoms. The summed E-state index contributed by atoms with van der Waals surface area (Å²) in [6.45, 7) is 0.0840. The van der Waals surface area contributed by atoms with E-state index in [1.807, 2.05) is 0 Å². The molecule has 2 aliphatic rings. The van der Waals surface area contributed by atoms with Gasteiger partial charge in [-0.3, -0.25) is 4.79 Å². The summed E-state index contributed by atoms with van der Waals surface area (Å²) < 4.78 is 16.2. The first-order valence-corrected chi connectivity index (χ1v) is 7.96. The summed E-state index contributed by atoms with van der Waals surface area (Å²) in [5.74, 6) is 0.207. The Morgan fingerprint density at radius 2 is 2.04 bits per heavy atom. The molecule has 1 aliphatic heterocycles. The number of halogens is 1. The lowest BCUT2D eigenvalue weighted by molar-refractivity contribution is -0.142. The summed E-state index contributed by atoms with van der Waals surface area (Å²) in [5.41, 5.74) is 0. The van der Waals surface area contributed by atoms with Gasteiger partial charge in [-0.2, -0.15) is 0 Å².